The molecule has 1 amide bonds. The summed E-state index contributed by atoms with van der Waals surface area (Å²) in [6.07, 6.45) is 3.83. The Morgan fingerprint density at radius 3 is 2.60 bits per heavy atom. The minimum absolute atomic E-state index is 0.200. The van der Waals surface area contributed by atoms with E-state index in [2.05, 4.69) is 10.6 Å². The zero-order chi connectivity index (χ0) is 14.6. The Balaban J connectivity index is 2.32. The molecule has 0 saturated heterocycles. The van der Waals surface area contributed by atoms with Crippen LogP contribution in [0.5, 0.6) is 0 Å². The van der Waals surface area contributed by atoms with Gasteiger partial charge >= 0.3 is 6.09 Å². The molecular formula is C14H19N3O2S. The van der Waals surface area contributed by atoms with Crippen molar-refractivity contribution >= 4 is 29.1 Å². The molecule has 6 heteroatoms. The SMILES string of the molecule is NC(=S)Nc1cccc(C2(NC(=O)O)CCCCC2)c1. The van der Waals surface area contributed by atoms with Gasteiger partial charge in [-0.2, -0.15) is 0 Å². The van der Waals surface area contributed by atoms with Crippen LogP contribution in [0.25, 0.3) is 0 Å². The number of carboxylic acid groups (broad SMARTS) is 1. The highest BCUT2D eigenvalue weighted by molar-refractivity contribution is 7.80. The fourth-order valence-corrected chi connectivity index (χ4v) is 3.00. The second-order valence-corrected chi connectivity index (χ2v) is 5.58. The van der Waals surface area contributed by atoms with Crippen molar-refractivity contribution in [3.05, 3.63) is 29.8 Å². The molecule has 0 heterocycles. The minimum Gasteiger partial charge on any atom is -0.465 e. The predicted molar refractivity (Wildman–Crippen MR) is 82.8 cm³/mol. The summed E-state index contributed by atoms with van der Waals surface area (Å²) in [6.45, 7) is 0. The van der Waals surface area contributed by atoms with Crippen LogP contribution >= 0.6 is 12.2 Å². The Morgan fingerprint density at radius 2 is 2.00 bits per heavy atom. The highest BCUT2D eigenvalue weighted by Crippen LogP contribution is 2.37. The maximum absolute atomic E-state index is 11.1. The van der Waals surface area contributed by atoms with E-state index in [0.717, 1.165) is 43.4 Å². The van der Waals surface area contributed by atoms with Crippen LogP contribution < -0.4 is 16.4 Å². The van der Waals surface area contributed by atoms with Crippen molar-refractivity contribution in [2.45, 2.75) is 37.6 Å². The molecule has 0 atom stereocenters. The summed E-state index contributed by atoms with van der Waals surface area (Å²) in [4.78, 5) is 11.1. The van der Waals surface area contributed by atoms with Crippen LogP contribution in [-0.4, -0.2) is 16.3 Å². The zero-order valence-electron chi connectivity index (χ0n) is 11.2. The molecule has 2 rings (SSSR count). The van der Waals surface area contributed by atoms with Crippen LogP contribution in [0.15, 0.2) is 24.3 Å². The van der Waals surface area contributed by atoms with Crippen molar-refractivity contribution in [2.24, 2.45) is 5.73 Å². The molecule has 1 aliphatic carbocycles. The van der Waals surface area contributed by atoms with Gasteiger partial charge in [-0.05, 0) is 42.8 Å². The topological polar surface area (TPSA) is 87.4 Å². The van der Waals surface area contributed by atoms with Gasteiger partial charge < -0.3 is 21.5 Å². The smallest absolute Gasteiger partial charge is 0.405 e. The Hall–Kier alpha value is -1.82. The van der Waals surface area contributed by atoms with E-state index >= 15 is 0 Å². The number of thiocarbonyl (C=S) groups is 1. The van der Waals surface area contributed by atoms with Crippen molar-refractivity contribution in [3.8, 4) is 0 Å². The molecule has 1 aromatic rings. The number of benzene rings is 1. The molecule has 1 aliphatic rings. The fourth-order valence-electron chi connectivity index (χ4n) is 2.88. The second-order valence-electron chi connectivity index (χ2n) is 5.14. The molecule has 5 nitrogen and oxygen atoms in total. The van der Waals surface area contributed by atoms with Crippen molar-refractivity contribution < 1.29 is 9.90 Å². The molecule has 108 valence electrons. The van der Waals surface area contributed by atoms with Gasteiger partial charge in [0.1, 0.15) is 0 Å². The van der Waals surface area contributed by atoms with Gasteiger partial charge in [-0.15, -0.1) is 0 Å². The monoisotopic (exact) mass is 293 g/mol. The molecule has 20 heavy (non-hydrogen) atoms. The average Bonchev–Trinajstić information content (AvgIpc) is 2.38. The zero-order valence-corrected chi connectivity index (χ0v) is 12.0. The van der Waals surface area contributed by atoms with Crippen LogP contribution in [0.2, 0.25) is 0 Å². The van der Waals surface area contributed by atoms with E-state index < -0.39 is 11.6 Å². The summed E-state index contributed by atoms with van der Waals surface area (Å²) >= 11 is 4.83. The molecule has 0 aromatic heterocycles. The number of carbonyl (C=O) groups is 1. The van der Waals surface area contributed by atoms with Crippen molar-refractivity contribution in [1.29, 1.82) is 0 Å². The second kappa shape index (κ2) is 6.09. The van der Waals surface area contributed by atoms with Crippen LogP contribution in [0.3, 0.4) is 0 Å². The molecule has 0 bridgehead atoms. The Kier molecular flexibility index (Phi) is 4.44. The van der Waals surface area contributed by atoms with Crippen molar-refractivity contribution in [3.63, 3.8) is 0 Å². The number of amides is 1. The molecule has 0 spiro atoms. The van der Waals surface area contributed by atoms with Gasteiger partial charge in [-0.1, -0.05) is 31.4 Å². The number of nitrogens with one attached hydrogen (secondary N) is 2. The Bertz CT molecular complexity index is 513. The highest BCUT2D eigenvalue weighted by Gasteiger charge is 2.35. The molecule has 0 radical (unpaired) electrons. The fraction of sp³-hybridized carbons (Fsp3) is 0.429. The van der Waals surface area contributed by atoms with E-state index in [1.807, 2.05) is 24.3 Å². The van der Waals surface area contributed by atoms with Gasteiger partial charge in [-0.3, -0.25) is 0 Å². The van der Waals surface area contributed by atoms with E-state index in [1.165, 1.54) is 0 Å². The van der Waals surface area contributed by atoms with Gasteiger partial charge in [0.2, 0.25) is 0 Å². The largest absolute Gasteiger partial charge is 0.465 e. The standard InChI is InChI=1S/C14H19N3O2S/c15-12(20)16-11-6-4-5-10(9-11)14(17-13(18)19)7-2-1-3-8-14/h4-6,9,17H,1-3,7-8H2,(H,18,19)(H3,15,16,20). The Labute approximate surface area is 123 Å². The lowest BCUT2D eigenvalue weighted by Crippen LogP contribution is -2.46. The van der Waals surface area contributed by atoms with E-state index in [-0.39, 0.29) is 5.11 Å². The summed E-state index contributed by atoms with van der Waals surface area (Å²) in [6, 6.07) is 7.61. The summed E-state index contributed by atoms with van der Waals surface area (Å²) in [5, 5.41) is 14.9. The first kappa shape index (κ1) is 14.6. The van der Waals surface area contributed by atoms with Gasteiger partial charge in [0.15, 0.2) is 5.11 Å². The third-order valence-corrected chi connectivity index (χ3v) is 3.84. The van der Waals surface area contributed by atoms with E-state index in [9.17, 15) is 4.79 Å². The van der Waals surface area contributed by atoms with Gasteiger partial charge in [-0.25, -0.2) is 4.79 Å². The number of hydrogen-bond donors (Lipinski definition) is 4. The van der Waals surface area contributed by atoms with E-state index in [0.29, 0.717) is 0 Å². The van der Waals surface area contributed by atoms with Gasteiger partial charge in [0.05, 0.1) is 5.54 Å². The molecule has 0 aliphatic heterocycles. The maximum atomic E-state index is 11.1. The predicted octanol–water partition coefficient (Wildman–Crippen LogP) is 2.77. The molecule has 5 N–H and O–H groups in total. The van der Waals surface area contributed by atoms with Crippen molar-refractivity contribution in [1.82, 2.24) is 5.32 Å². The lowest BCUT2D eigenvalue weighted by molar-refractivity contribution is 0.162. The lowest BCUT2D eigenvalue weighted by Gasteiger charge is -2.38. The van der Waals surface area contributed by atoms with Gasteiger partial charge in [0, 0.05) is 5.69 Å². The maximum Gasteiger partial charge on any atom is 0.405 e. The van der Waals surface area contributed by atoms with Crippen LogP contribution in [-0.2, 0) is 5.54 Å². The lowest BCUT2D eigenvalue weighted by atomic mass is 9.76. The number of anilines is 1. The minimum atomic E-state index is -0.986. The molecule has 0 unspecified atom stereocenters. The number of hydrogen-bond acceptors (Lipinski definition) is 2. The van der Waals surface area contributed by atoms with Crippen LogP contribution in [0, 0.1) is 0 Å². The molecular weight excluding hydrogens is 274 g/mol. The average molecular weight is 293 g/mol. The van der Waals surface area contributed by atoms with Crippen molar-refractivity contribution in [2.75, 3.05) is 5.32 Å². The summed E-state index contributed by atoms with van der Waals surface area (Å²) < 4.78 is 0. The summed E-state index contributed by atoms with van der Waals surface area (Å²) in [7, 11) is 0. The number of rotatable bonds is 3. The Morgan fingerprint density at radius 1 is 1.30 bits per heavy atom. The summed E-state index contributed by atoms with van der Waals surface area (Å²) in [5.74, 6) is 0. The molecule has 1 saturated carbocycles. The normalized spacial score (nSPS) is 17.2. The quantitative estimate of drug-likeness (QED) is 0.644. The molecule has 1 aromatic carbocycles. The van der Waals surface area contributed by atoms with Crippen LogP contribution in [0.4, 0.5) is 10.5 Å². The van der Waals surface area contributed by atoms with E-state index in [1.54, 1.807) is 0 Å². The first-order valence-electron chi connectivity index (χ1n) is 6.70. The summed E-state index contributed by atoms with van der Waals surface area (Å²) in [5.41, 5.74) is 6.72. The first-order valence-corrected chi connectivity index (χ1v) is 7.11. The van der Waals surface area contributed by atoms with Crippen LogP contribution in [0.1, 0.15) is 37.7 Å². The third kappa shape index (κ3) is 3.39. The highest BCUT2D eigenvalue weighted by atomic mass is 32.1. The third-order valence-electron chi connectivity index (χ3n) is 3.74. The molecule has 1 fully saturated rings. The van der Waals surface area contributed by atoms with E-state index in [4.69, 9.17) is 23.1 Å². The number of nitrogens with two attached hydrogens (primary N) is 1. The first-order chi connectivity index (χ1) is 9.52. The van der Waals surface area contributed by atoms with Gasteiger partial charge in [0.25, 0.3) is 0 Å².